The van der Waals surface area contributed by atoms with E-state index < -0.39 is 17.3 Å². The number of hydrogen-bond donors (Lipinski definition) is 2. The number of carbonyl (C=O) groups excluding carboxylic acids is 1. The van der Waals surface area contributed by atoms with Crippen molar-refractivity contribution in [1.82, 2.24) is 0 Å². The van der Waals surface area contributed by atoms with Crippen LogP contribution < -0.4 is 5.32 Å². The van der Waals surface area contributed by atoms with E-state index in [2.05, 4.69) is 5.32 Å². The Kier molecular flexibility index (Phi) is 3.79. The molecule has 0 aromatic heterocycles. The predicted molar refractivity (Wildman–Crippen MR) is 73.1 cm³/mol. The molecule has 5 heteroatoms. The number of anilines is 2. The summed E-state index contributed by atoms with van der Waals surface area (Å²) < 4.78 is 13.3. The van der Waals surface area contributed by atoms with Crippen molar-refractivity contribution in [1.29, 1.82) is 0 Å². The SMILES string of the molecule is CC(=O)c1ccc(Nc2ccc(F)c(C(=O)O)c2)cc1. The van der Waals surface area contributed by atoms with Crippen LogP contribution in [0.15, 0.2) is 42.5 Å². The average Bonchev–Trinajstić information content (AvgIpc) is 2.41. The van der Waals surface area contributed by atoms with E-state index in [1.54, 1.807) is 24.3 Å². The number of aromatic carboxylic acids is 1. The van der Waals surface area contributed by atoms with Gasteiger partial charge in [0.1, 0.15) is 5.82 Å². The molecular weight excluding hydrogens is 261 g/mol. The monoisotopic (exact) mass is 273 g/mol. The zero-order valence-corrected chi connectivity index (χ0v) is 10.7. The summed E-state index contributed by atoms with van der Waals surface area (Å²) in [6.07, 6.45) is 0. The molecule has 2 aromatic rings. The highest BCUT2D eigenvalue weighted by Gasteiger charge is 2.10. The van der Waals surface area contributed by atoms with Crippen molar-refractivity contribution in [2.75, 3.05) is 5.32 Å². The molecule has 0 aliphatic rings. The number of carboxylic acid groups (broad SMARTS) is 1. The second-order valence-electron chi connectivity index (χ2n) is 4.26. The summed E-state index contributed by atoms with van der Waals surface area (Å²) in [5.41, 5.74) is 1.33. The van der Waals surface area contributed by atoms with Crippen molar-refractivity contribution < 1.29 is 19.1 Å². The third-order valence-electron chi connectivity index (χ3n) is 2.78. The molecule has 0 aliphatic heterocycles. The van der Waals surface area contributed by atoms with E-state index in [0.29, 0.717) is 16.9 Å². The molecule has 4 nitrogen and oxygen atoms in total. The molecule has 0 amide bonds. The van der Waals surface area contributed by atoms with E-state index in [1.807, 2.05) is 0 Å². The van der Waals surface area contributed by atoms with Crippen LogP contribution in [0, 0.1) is 5.82 Å². The molecule has 20 heavy (non-hydrogen) atoms. The Morgan fingerprint density at radius 1 is 1.05 bits per heavy atom. The highest BCUT2D eigenvalue weighted by molar-refractivity contribution is 5.94. The largest absolute Gasteiger partial charge is 0.478 e. The van der Waals surface area contributed by atoms with Crippen LogP contribution in [0.3, 0.4) is 0 Å². The zero-order chi connectivity index (χ0) is 14.7. The molecular formula is C15H12FNO3. The fourth-order valence-electron chi connectivity index (χ4n) is 1.72. The number of carboxylic acids is 1. The standard InChI is InChI=1S/C15H12FNO3/c1-9(18)10-2-4-11(5-3-10)17-12-6-7-14(16)13(8-12)15(19)20/h2-8,17H,1H3,(H,19,20). The average molecular weight is 273 g/mol. The number of halogens is 1. The maximum absolute atomic E-state index is 13.3. The van der Waals surface area contributed by atoms with Gasteiger partial charge >= 0.3 is 5.97 Å². The Bertz CT molecular complexity index is 665. The Hall–Kier alpha value is -2.69. The summed E-state index contributed by atoms with van der Waals surface area (Å²) in [5.74, 6) is -2.14. The van der Waals surface area contributed by atoms with E-state index in [-0.39, 0.29) is 5.78 Å². The summed E-state index contributed by atoms with van der Waals surface area (Å²) in [6, 6.07) is 10.5. The van der Waals surface area contributed by atoms with Crippen LogP contribution in [-0.2, 0) is 0 Å². The number of rotatable bonds is 4. The molecule has 102 valence electrons. The lowest BCUT2D eigenvalue weighted by molar-refractivity contribution is 0.0691. The van der Waals surface area contributed by atoms with Crippen LogP contribution in [0.2, 0.25) is 0 Å². The van der Waals surface area contributed by atoms with E-state index >= 15 is 0 Å². The minimum Gasteiger partial charge on any atom is -0.478 e. The van der Waals surface area contributed by atoms with Gasteiger partial charge in [-0.2, -0.15) is 0 Å². The first-order chi connectivity index (χ1) is 9.47. The topological polar surface area (TPSA) is 66.4 Å². The van der Waals surface area contributed by atoms with Crippen LogP contribution in [0.4, 0.5) is 15.8 Å². The second kappa shape index (κ2) is 5.52. The molecule has 2 N–H and O–H groups in total. The lowest BCUT2D eigenvalue weighted by Gasteiger charge is -2.08. The number of hydrogen-bond acceptors (Lipinski definition) is 3. The van der Waals surface area contributed by atoms with Gasteiger partial charge in [-0.3, -0.25) is 4.79 Å². The normalized spacial score (nSPS) is 10.1. The summed E-state index contributed by atoms with van der Waals surface area (Å²) in [6.45, 7) is 1.47. The second-order valence-corrected chi connectivity index (χ2v) is 4.26. The maximum Gasteiger partial charge on any atom is 0.338 e. The van der Waals surface area contributed by atoms with Gasteiger partial charge in [-0.1, -0.05) is 0 Å². The molecule has 2 rings (SSSR count). The van der Waals surface area contributed by atoms with Gasteiger partial charge in [0, 0.05) is 16.9 Å². The lowest BCUT2D eigenvalue weighted by atomic mass is 10.1. The lowest BCUT2D eigenvalue weighted by Crippen LogP contribution is -2.02. The van der Waals surface area contributed by atoms with Crippen molar-refractivity contribution in [3.63, 3.8) is 0 Å². The van der Waals surface area contributed by atoms with Crippen LogP contribution >= 0.6 is 0 Å². The van der Waals surface area contributed by atoms with Crippen molar-refractivity contribution in [3.05, 3.63) is 59.4 Å². The fraction of sp³-hybridized carbons (Fsp3) is 0.0667. The Morgan fingerprint density at radius 3 is 2.20 bits per heavy atom. The van der Waals surface area contributed by atoms with Gasteiger partial charge in [-0.15, -0.1) is 0 Å². The van der Waals surface area contributed by atoms with Crippen molar-refractivity contribution >= 4 is 23.1 Å². The van der Waals surface area contributed by atoms with Gasteiger partial charge in [0.25, 0.3) is 0 Å². The van der Waals surface area contributed by atoms with E-state index in [1.165, 1.54) is 19.1 Å². The molecule has 0 saturated carbocycles. The number of carbonyl (C=O) groups is 2. The van der Waals surface area contributed by atoms with E-state index in [4.69, 9.17) is 5.11 Å². The number of nitrogens with one attached hydrogen (secondary N) is 1. The van der Waals surface area contributed by atoms with Gasteiger partial charge < -0.3 is 10.4 Å². The third kappa shape index (κ3) is 3.00. The van der Waals surface area contributed by atoms with Gasteiger partial charge in [0.05, 0.1) is 5.56 Å². The van der Waals surface area contributed by atoms with Crippen LogP contribution in [0.1, 0.15) is 27.6 Å². The fourth-order valence-corrected chi connectivity index (χ4v) is 1.72. The molecule has 0 radical (unpaired) electrons. The molecule has 0 fully saturated rings. The molecule has 0 aliphatic carbocycles. The number of benzene rings is 2. The molecule has 0 bridgehead atoms. The van der Waals surface area contributed by atoms with E-state index in [0.717, 1.165) is 6.07 Å². The summed E-state index contributed by atoms with van der Waals surface area (Å²) in [7, 11) is 0. The zero-order valence-electron chi connectivity index (χ0n) is 10.7. The highest BCUT2D eigenvalue weighted by Crippen LogP contribution is 2.20. The minimum absolute atomic E-state index is 0.0357. The molecule has 2 aromatic carbocycles. The summed E-state index contributed by atoms with van der Waals surface area (Å²) in [5, 5.41) is 11.8. The highest BCUT2D eigenvalue weighted by atomic mass is 19.1. The first-order valence-electron chi connectivity index (χ1n) is 5.88. The quantitative estimate of drug-likeness (QED) is 0.837. The number of Topliss-reactive ketones (excluding diaryl/α,β-unsaturated/α-hetero) is 1. The number of ketones is 1. The van der Waals surface area contributed by atoms with Gasteiger partial charge in [-0.05, 0) is 49.4 Å². The smallest absolute Gasteiger partial charge is 0.338 e. The van der Waals surface area contributed by atoms with Gasteiger partial charge in [0.2, 0.25) is 0 Å². The third-order valence-corrected chi connectivity index (χ3v) is 2.78. The predicted octanol–water partition coefficient (Wildman–Crippen LogP) is 3.47. The Labute approximate surface area is 114 Å². The van der Waals surface area contributed by atoms with Crippen molar-refractivity contribution in [3.8, 4) is 0 Å². The van der Waals surface area contributed by atoms with E-state index in [9.17, 15) is 14.0 Å². The van der Waals surface area contributed by atoms with Gasteiger partial charge in [0.15, 0.2) is 5.78 Å². The van der Waals surface area contributed by atoms with Crippen LogP contribution in [-0.4, -0.2) is 16.9 Å². The van der Waals surface area contributed by atoms with Crippen molar-refractivity contribution in [2.24, 2.45) is 0 Å². The molecule has 0 unspecified atom stereocenters. The Balaban J connectivity index is 2.23. The maximum atomic E-state index is 13.3. The minimum atomic E-state index is -1.32. The van der Waals surface area contributed by atoms with Crippen LogP contribution in [0.25, 0.3) is 0 Å². The summed E-state index contributed by atoms with van der Waals surface area (Å²) in [4.78, 5) is 22.0. The molecule has 0 atom stereocenters. The summed E-state index contributed by atoms with van der Waals surface area (Å²) >= 11 is 0. The first kappa shape index (κ1) is 13.7. The van der Waals surface area contributed by atoms with Crippen LogP contribution in [0.5, 0.6) is 0 Å². The Morgan fingerprint density at radius 2 is 1.65 bits per heavy atom. The van der Waals surface area contributed by atoms with Crippen molar-refractivity contribution in [2.45, 2.75) is 6.92 Å². The van der Waals surface area contributed by atoms with Gasteiger partial charge in [-0.25, -0.2) is 9.18 Å². The first-order valence-corrected chi connectivity index (χ1v) is 5.88. The molecule has 0 saturated heterocycles. The molecule has 0 spiro atoms. The molecule has 0 heterocycles.